The largest absolute Gasteiger partial charge is 0.465 e. The molecule has 0 saturated heterocycles. The highest BCUT2D eigenvalue weighted by Crippen LogP contribution is 2.50. The van der Waals surface area contributed by atoms with Gasteiger partial charge in [0.2, 0.25) is 0 Å². The minimum absolute atomic E-state index is 0.0555. The Morgan fingerprint density at radius 3 is 3.04 bits per heavy atom. The van der Waals surface area contributed by atoms with Crippen molar-refractivity contribution >= 4 is 28.7 Å². The van der Waals surface area contributed by atoms with E-state index in [0.29, 0.717) is 23.4 Å². The number of anilines is 1. The van der Waals surface area contributed by atoms with E-state index in [4.69, 9.17) is 15.6 Å². The first-order valence-corrected chi connectivity index (χ1v) is 8.74. The minimum Gasteiger partial charge on any atom is -0.465 e. The van der Waals surface area contributed by atoms with E-state index in [-0.39, 0.29) is 23.0 Å². The molecule has 0 aromatic heterocycles. The van der Waals surface area contributed by atoms with Crippen LogP contribution in [0.1, 0.15) is 24.8 Å². The molecule has 1 aliphatic carbocycles. The number of hydrogen-bond donors (Lipinski definition) is 3. The summed E-state index contributed by atoms with van der Waals surface area (Å²) in [5.41, 5.74) is 5.89. The smallest absolute Gasteiger partial charge is 0.410 e. The quantitative estimate of drug-likeness (QED) is 0.711. The van der Waals surface area contributed by atoms with Crippen LogP contribution in [-0.2, 0) is 10.3 Å². The van der Waals surface area contributed by atoms with Crippen molar-refractivity contribution in [1.29, 1.82) is 0 Å². The Morgan fingerprint density at radius 2 is 2.33 bits per heavy atom. The summed E-state index contributed by atoms with van der Waals surface area (Å²) in [4.78, 5) is 15.6. The van der Waals surface area contributed by atoms with Gasteiger partial charge in [0.1, 0.15) is 5.82 Å². The normalized spacial score (nSPS) is 29.5. The molecule has 0 bridgehead atoms. The number of ether oxygens (including phenoxy) is 1. The summed E-state index contributed by atoms with van der Waals surface area (Å²) in [5.74, 6) is 0.393. The van der Waals surface area contributed by atoms with Crippen LogP contribution in [-0.4, -0.2) is 35.3 Å². The number of hydrogen-bond acceptors (Lipinski definition) is 5. The number of rotatable bonds is 2. The molecule has 0 radical (unpaired) electrons. The van der Waals surface area contributed by atoms with Gasteiger partial charge in [-0.25, -0.2) is 9.18 Å². The average molecular weight is 353 g/mol. The van der Waals surface area contributed by atoms with Crippen LogP contribution in [0, 0.1) is 11.7 Å². The van der Waals surface area contributed by atoms with Gasteiger partial charge in [-0.15, -0.1) is 0 Å². The van der Waals surface area contributed by atoms with E-state index in [0.717, 1.165) is 12.8 Å². The zero-order valence-electron chi connectivity index (χ0n) is 13.3. The lowest BCUT2D eigenvalue weighted by Gasteiger charge is -2.46. The van der Waals surface area contributed by atoms with Gasteiger partial charge in [-0.3, -0.25) is 10.3 Å². The number of amides is 1. The van der Waals surface area contributed by atoms with Crippen molar-refractivity contribution in [3.05, 3.63) is 29.6 Å². The maximum Gasteiger partial charge on any atom is 0.410 e. The van der Waals surface area contributed by atoms with E-state index in [1.165, 1.54) is 23.9 Å². The van der Waals surface area contributed by atoms with E-state index in [9.17, 15) is 9.18 Å². The Morgan fingerprint density at radius 1 is 1.54 bits per heavy atom. The highest BCUT2D eigenvalue weighted by atomic mass is 32.2. The van der Waals surface area contributed by atoms with Crippen molar-refractivity contribution in [2.24, 2.45) is 10.9 Å². The predicted octanol–water partition coefficient (Wildman–Crippen LogP) is 2.79. The number of fused-ring (bicyclic) bond motifs is 1. The second-order valence-electron chi connectivity index (χ2n) is 6.16. The summed E-state index contributed by atoms with van der Waals surface area (Å²) < 4.78 is 20.1. The molecular weight excluding hydrogens is 333 g/mol. The standard InChI is InChI=1S/C16H20FN3O3S/c1-23-11-4-2-9-8-24-14(19-15(21)22)20-16(9,7-11)12-6-10(18)3-5-13(12)17/h3,5-6,9,11H,2,4,7-8,18H2,1H3,(H,19,20)(H,21,22)/t9-,11-,16-/m0/s1. The molecule has 0 spiro atoms. The Hall–Kier alpha value is -1.80. The number of nitrogens with zero attached hydrogens (tertiary/aromatic N) is 1. The van der Waals surface area contributed by atoms with Gasteiger partial charge in [0.05, 0.1) is 11.6 Å². The van der Waals surface area contributed by atoms with Crippen LogP contribution in [0.3, 0.4) is 0 Å². The number of thioether (sulfide) groups is 1. The molecule has 3 rings (SSSR count). The first-order chi connectivity index (χ1) is 11.4. The lowest BCUT2D eigenvalue weighted by Crippen LogP contribution is -2.48. The number of nitrogens with two attached hydrogens (primary N) is 1. The van der Waals surface area contributed by atoms with E-state index >= 15 is 0 Å². The molecule has 3 atom stereocenters. The van der Waals surface area contributed by atoms with E-state index < -0.39 is 11.6 Å². The van der Waals surface area contributed by atoms with Gasteiger partial charge >= 0.3 is 6.09 Å². The molecule has 1 aromatic carbocycles. The van der Waals surface area contributed by atoms with Gasteiger partial charge in [-0.05, 0) is 37.0 Å². The molecule has 1 fully saturated rings. The number of halogens is 1. The Labute approximate surface area is 143 Å². The maximum absolute atomic E-state index is 14.6. The number of aliphatic imine (C=N–C) groups is 1. The van der Waals surface area contributed by atoms with E-state index in [2.05, 4.69) is 10.3 Å². The summed E-state index contributed by atoms with van der Waals surface area (Å²) in [6.45, 7) is 0. The van der Waals surface area contributed by atoms with Gasteiger partial charge in [-0.1, -0.05) is 11.8 Å². The fraction of sp³-hybridized carbons (Fsp3) is 0.500. The summed E-state index contributed by atoms with van der Waals surface area (Å²) in [5, 5.41) is 11.6. The third-order valence-corrected chi connectivity index (χ3v) is 5.81. The van der Waals surface area contributed by atoms with Gasteiger partial charge in [0.15, 0.2) is 5.17 Å². The number of nitrogen functional groups attached to an aromatic ring is 1. The molecule has 24 heavy (non-hydrogen) atoms. The van der Waals surface area contributed by atoms with Crippen molar-refractivity contribution < 1.29 is 19.0 Å². The van der Waals surface area contributed by atoms with Crippen molar-refractivity contribution in [3.8, 4) is 0 Å². The molecule has 6 nitrogen and oxygen atoms in total. The van der Waals surface area contributed by atoms with Gasteiger partial charge in [0, 0.05) is 30.5 Å². The highest BCUT2D eigenvalue weighted by molar-refractivity contribution is 8.13. The number of methoxy groups -OCH3 is 1. The molecule has 1 aliphatic heterocycles. The zero-order valence-corrected chi connectivity index (χ0v) is 14.1. The number of carboxylic acid groups (broad SMARTS) is 1. The van der Waals surface area contributed by atoms with Gasteiger partial charge in [-0.2, -0.15) is 0 Å². The highest BCUT2D eigenvalue weighted by Gasteiger charge is 2.49. The second-order valence-corrected chi connectivity index (χ2v) is 7.17. The van der Waals surface area contributed by atoms with Crippen molar-refractivity contribution in [2.75, 3.05) is 18.6 Å². The molecule has 0 unspecified atom stereocenters. The molecule has 130 valence electrons. The topological polar surface area (TPSA) is 96.9 Å². The third-order valence-electron chi connectivity index (χ3n) is 4.78. The summed E-state index contributed by atoms with van der Waals surface area (Å²) in [6.07, 6.45) is 0.982. The number of nitrogens with one attached hydrogen (secondary N) is 1. The van der Waals surface area contributed by atoms with Crippen LogP contribution in [0.25, 0.3) is 0 Å². The number of amidine groups is 1. The molecular formula is C16H20FN3O3S. The first-order valence-electron chi connectivity index (χ1n) is 7.75. The summed E-state index contributed by atoms with van der Waals surface area (Å²) in [6, 6.07) is 4.46. The van der Waals surface area contributed by atoms with Crippen molar-refractivity contribution in [2.45, 2.75) is 30.9 Å². The van der Waals surface area contributed by atoms with Crippen LogP contribution >= 0.6 is 11.8 Å². The monoisotopic (exact) mass is 353 g/mol. The molecule has 1 saturated carbocycles. The fourth-order valence-electron chi connectivity index (χ4n) is 3.61. The summed E-state index contributed by atoms with van der Waals surface area (Å²) in [7, 11) is 1.63. The van der Waals surface area contributed by atoms with E-state index in [1.54, 1.807) is 13.2 Å². The van der Waals surface area contributed by atoms with Crippen molar-refractivity contribution in [1.82, 2.24) is 5.32 Å². The van der Waals surface area contributed by atoms with Gasteiger partial charge in [0.25, 0.3) is 0 Å². The molecule has 1 aromatic rings. The lowest BCUT2D eigenvalue weighted by molar-refractivity contribution is 0.0192. The fourth-order valence-corrected chi connectivity index (χ4v) is 4.80. The van der Waals surface area contributed by atoms with Crippen LogP contribution in [0.4, 0.5) is 14.9 Å². The zero-order chi connectivity index (χ0) is 17.3. The summed E-state index contributed by atoms with van der Waals surface area (Å²) >= 11 is 1.35. The second kappa shape index (κ2) is 6.60. The Balaban J connectivity index is 2.12. The Bertz CT molecular complexity index is 685. The molecule has 1 amide bonds. The predicted molar refractivity (Wildman–Crippen MR) is 91.7 cm³/mol. The van der Waals surface area contributed by atoms with Crippen LogP contribution < -0.4 is 11.1 Å². The van der Waals surface area contributed by atoms with Crippen LogP contribution in [0.2, 0.25) is 0 Å². The SMILES string of the molecule is CO[C@H]1CC[C@H]2CSC(NC(=O)O)=N[C@@]2(c2cc(N)ccc2F)C1. The Kier molecular flexibility index (Phi) is 4.69. The lowest BCUT2D eigenvalue weighted by atomic mass is 9.68. The first kappa shape index (κ1) is 17.0. The van der Waals surface area contributed by atoms with Crippen LogP contribution in [0.15, 0.2) is 23.2 Å². The average Bonchev–Trinajstić information content (AvgIpc) is 2.55. The molecule has 8 heteroatoms. The minimum atomic E-state index is -1.18. The molecule has 1 heterocycles. The van der Waals surface area contributed by atoms with Crippen molar-refractivity contribution in [3.63, 3.8) is 0 Å². The number of benzene rings is 1. The maximum atomic E-state index is 14.6. The van der Waals surface area contributed by atoms with Crippen LogP contribution in [0.5, 0.6) is 0 Å². The van der Waals surface area contributed by atoms with Gasteiger partial charge < -0.3 is 15.6 Å². The van der Waals surface area contributed by atoms with E-state index in [1.807, 2.05) is 0 Å². The third kappa shape index (κ3) is 3.08. The molecule has 2 aliphatic rings. The number of carbonyl (C=O) groups is 1. The molecule has 4 N–H and O–H groups in total.